The summed E-state index contributed by atoms with van der Waals surface area (Å²) >= 11 is 11.7. The van der Waals surface area contributed by atoms with E-state index in [0.29, 0.717) is 0 Å². The molecule has 5 nitrogen and oxygen atoms in total. The van der Waals surface area contributed by atoms with Gasteiger partial charge in [0, 0.05) is 5.41 Å². The molecule has 1 aliphatic heterocycles. The summed E-state index contributed by atoms with van der Waals surface area (Å²) in [4.78, 5) is 19.9. The van der Waals surface area contributed by atoms with Gasteiger partial charge in [-0.15, -0.1) is 0 Å². The number of anilines is 1. The zero-order valence-corrected chi connectivity index (χ0v) is 11.5. The Morgan fingerprint density at radius 3 is 2.72 bits per heavy atom. The number of nitrogens with zero attached hydrogens (tertiary/aromatic N) is 2. The van der Waals surface area contributed by atoms with E-state index in [1.165, 1.54) is 6.33 Å². The SMILES string of the molecule is CC1(C(=O)Nc2ncnc(Cl)c2Cl)CCNCC1. The summed E-state index contributed by atoms with van der Waals surface area (Å²) in [6, 6.07) is 0. The number of rotatable bonds is 2. The molecule has 1 saturated heterocycles. The zero-order chi connectivity index (χ0) is 13.2. The number of halogens is 2. The van der Waals surface area contributed by atoms with Crippen molar-refractivity contribution in [3.8, 4) is 0 Å². The van der Waals surface area contributed by atoms with Gasteiger partial charge in [0.25, 0.3) is 0 Å². The molecular formula is C11H14Cl2N4O. The minimum Gasteiger partial charge on any atom is -0.317 e. The van der Waals surface area contributed by atoms with E-state index in [4.69, 9.17) is 23.2 Å². The smallest absolute Gasteiger partial charge is 0.231 e. The van der Waals surface area contributed by atoms with E-state index < -0.39 is 5.41 Å². The van der Waals surface area contributed by atoms with Gasteiger partial charge in [0.05, 0.1) is 0 Å². The number of hydrogen-bond donors (Lipinski definition) is 2. The van der Waals surface area contributed by atoms with E-state index in [-0.39, 0.29) is 21.9 Å². The maximum atomic E-state index is 12.3. The highest BCUT2D eigenvalue weighted by molar-refractivity contribution is 6.42. The van der Waals surface area contributed by atoms with Gasteiger partial charge in [0.15, 0.2) is 11.0 Å². The first kappa shape index (κ1) is 13.5. The van der Waals surface area contributed by atoms with E-state index in [2.05, 4.69) is 20.6 Å². The highest BCUT2D eigenvalue weighted by atomic mass is 35.5. The summed E-state index contributed by atoms with van der Waals surface area (Å²) in [5.74, 6) is 0.182. The monoisotopic (exact) mass is 288 g/mol. The summed E-state index contributed by atoms with van der Waals surface area (Å²) in [6.07, 6.45) is 2.85. The van der Waals surface area contributed by atoms with Crippen LogP contribution in [0.2, 0.25) is 10.2 Å². The van der Waals surface area contributed by atoms with Crippen molar-refractivity contribution in [2.75, 3.05) is 18.4 Å². The zero-order valence-electron chi connectivity index (χ0n) is 9.96. The lowest BCUT2D eigenvalue weighted by Gasteiger charge is -2.32. The molecule has 0 unspecified atom stereocenters. The number of aromatic nitrogens is 2. The fourth-order valence-corrected chi connectivity index (χ4v) is 2.18. The standard InChI is InChI=1S/C11H14Cl2N4O/c1-11(2-4-14-5-3-11)10(18)17-9-7(12)8(13)15-6-16-9/h6,14H,2-5H2,1H3,(H,15,16,17,18). The molecule has 0 saturated carbocycles. The van der Waals surface area contributed by atoms with Crippen LogP contribution in [0.25, 0.3) is 0 Å². The van der Waals surface area contributed by atoms with Gasteiger partial charge in [0.2, 0.25) is 5.91 Å². The Balaban J connectivity index is 2.13. The Kier molecular flexibility index (Phi) is 4.04. The Hall–Kier alpha value is -0.910. The van der Waals surface area contributed by atoms with Gasteiger partial charge < -0.3 is 10.6 Å². The van der Waals surface area contributed by atoms with Crippen LogP contribution in [0, 0.1) is 5.41 Å². The molecule has 2 heterocycles. The fraction of sp³-hybridized carbons (Fsp3) is 0.545. The number of piperidine rings is 1. The summed E-state index contributed by atoms with van der Waals surface area (Å²) in [7, 11) is 0. The predicted octanol–water partition coefficient (Wildman–Crippen LogP) is 2.11. The second kappa shape index (κ2) is 5.38. The molecule has 0 radical (unpaired) electrons. The highest BCUT2D eigenvalue weighted by Gasteiger charge is 2.35. The van der Waals surface area contributed by atoms with Crippen molar-refractivity contribution < 1.29 is 4.79 Å². The highest BCUT2D eigenvalue weighted by Crippen LogP contribution is 2.31. The van der Waals surface area contributed by atoms with Crippen molar-refractivity contribution >= 4 is 34.9 Å². The summed E-state index contributed by atoms with van der Waals surface area (Å²) < 4.78 is 0. The number of nitrogens with one attached hydrogen (secondary N) is 2. The molecule has 1 aromatic rings. The first-order valence-corrected chi connectivity index (χ1v) is 6.47. The Morgan fingerprint density at radius 1 is 1.39 bits per heavy atom. The first-order chi connectivity index (χ1) is 8.53. The maximum absolute atomic E-state index is 12.3. The molecule has 7 heteroatoms. The van der Waals surface area contributed by atoms with Crippen LogP contribution in [-0.2, 0) is 4.79 Å². The molecule has 0 spiro atoms. The third-order valence-corrected chi connectivity index (χ3v) is 3.98. The molecule has 1 fully saturated rings. The van der Waals surface area contributed by atoms with Crippen LogP contribution in [0.3, 0.4) is 0 Å². The van der Waals surface area contributed by atoms with E-state index in [0.717, 1.165) is 25.9 Å². The number of hydrogen-bond acceptors (Lipinski definition) is 4. The lowest BCUT2D eigenvalue weighted by Crippen LogP contribution is -2.43. The quantitative estimate of drug-likeness (QED) is 0.818. The average molecular weight is 289 g/mol. The summed E-state index contributed by atoms with van der Waals surface area (Å²) in [5, 5.41) is 6.26. The normalized spacial score (nSPS) is 18.4. The molecule has 18 heavy (non-hydrogen) atoms. The van der Waals surface area contributed by atoms with Crippen LogP contribution in [0.4, 0.5) is 5.82 Å². The largest absolute Gasteiger partial charge is 0.317 e. The minimum absolute atomic E-state index is 0.0827. The molecule has 1 aliphatic rings. The maximum Gasteiger partial charge on any atom is 0.231 e. The van der Waals surface area contributed by atoms with Gasteiger partial charge in [-0.3, -0.25) is 4.79 Å². The Bertz CT molecular complexity index is 460. The lowest BCUT2D eigenvalue weighted by atomic mass is 9.80. The van der Waals surface area contributed by atoms with Gasteiger partial charge in [-0.25, -0.2) is 9.97 Å². The van der Waals surface area contributed by atoms with Crippen LogP contribution >= 0.6 is 23.2 Å². The molecule has 1 amide bonds. The second-order valence-electron chi connectivity index (χ2n) is 4.59. The van der Waals surface area contributed by atoms with Crippen LogP contribution in [0.1, 0.15) is 19.8 Å². The van der Waals surface area contributed by atoms with E-state index in [1.807, 2.05) is 6.92 Å². The van der Waals surface area contributed by atoms with Crippen LogP contribution < -0.4 is 10.6 Å². The summed E-state index contributed by atoms with van der Waals surface area (Å²) in [5.41, 5.74) is -0.397. The van der Waals surface area contributed by atoms with Crippen molar-refractivity contribution in [3.63, 3.8) is 0 Å². The van der Waals surface area contributed by atoms with Crippen molar-refractivity contribution in [1.82, 2.24) is 15.3 Å². The second-order valence-corrected chi connectivity index (χ2v) is 5.33. The molecular weight excluding hydrogens is 275 g/mol. The lowest BCUT2D eigenvalue weighted by molar-refractivity contribution is -0.126. The van der Waals surface area contributed by atoms with Gasteiger partial charge in [0.1, 0.15) is 11.3 Å². The van der Waals surface area contributed by atoms with Crippen molar-refractivity contribution in [2.24, 2.45) is 5.41 Å². The van der Waals surface area contributed by atoms with Gasteiger partial charge in [-0.2, -0.15) is 0 Å². The van der Waals surface area contributed by atoms with Crippen molar-refractivity contribution in [2.45, 2.75) is 19.8 Å². The number of carbonyl (C=O) groups excluding carboxylic acids is 1. The summed E-state index contributed by atoms with van der Waals surface area (Å²) in [6.45, 7) is 3.62. The van der Waals surface area contributed by atoms with E-state index in [9.17, 15) is 4.79 Å². The topological polar surface area (TPSA) is 66.9 Å². The van der Waals surface area contributed by atoms with Crippen LogP contribution in [0.15, 0.2) is 6.33 Å². The molecule has 0 aliphatic carbocycles. The molecule has 0 atom stereocenters. The van der Waals surface area contributed by atoms with E-state index in [1.54, 1.807) is 0 Å². The van der Waals surface area contributed by atoms with Gasteiger partial charge in [-0.05, 0) is 25.9 Å². The molecule has 0 aromatic carbocycles. The van der Waals surface area contributed by atoms with Gasteiger partial charge in [-0.1, -0.05) is 30.1 Å². The number of amides is 1. The van der Waals surface area contributed by atoms with Crippen molar-refractivity contribution in [1.29, 1.82) is 0 Å². The molecule has 1 aromatic heterocycles. The third kappa shape index (κ3) is 2.74. The van der Waals surface area contributed by atoms with E-state index >= 15 is 0 Å². The minimum atomic E-state index is -0.397. The van der Waals surface area contributed by atoms with Crippen LogP contribution in [-0.4, -0.2) is 29.0 Å². The Labute approximate surface area is 115 Å². The molecule has 2 rings (SSSR count). The van der Waals surface area contributed by atoms with Gasteiger partial charge >= 0.3 is 0 Å². The molecule has 98 valence electrons. The predicted molar refractivity (Wildman–Crippen MR) is 70.9 cm³/mol. The third-order valence-electron chi connectivity index (χ3n) is 3.23. The molecule has 0 bridgehead atoms. The van der Waals surface area contributed by atoms with Crippen molar-refractivity contribution in [3.05, 3.63) is 16.5 Å². The fourth-order valence-electron chi connectivity index (χ4n) is 1.90. The first-order valence-electron chi connectivity index (χ1n) is 5.71. The van der Waals surface area contributed by atoms with Crippen LogP contribution in [0.5, 0.6) is 0 Å². The Morgan fingerprint density at radius 2 is 2.06 bits per heavy atom. The average Bonchev–Trinajstić information content (AvgIpc) is 2.36. The number of carbonyl (C=O) groups is 1. The molecule has 2 N–H and O–H groups in total.